The van der Waals surface area contributed by atoms with Crippen LogP contribution in [0.5, 0.6) is 0 Å². The SMILES string of the molecule is Cc1cc(CSc2ccc(Cl)cc2)c(C)c(C2C(C#N)=C(N)N(c3ccc(Cl)cc3[N+](=O)[O-])C3=C2C(=O)CCC3)c1. The minimum Gasteiger partial charge on any atom is -0.384 e. The van der Waals surface area contributed by atoms with Gasteiger partial charge < -0.3 is 5.73 Å². The van der Waals surface area contributed by atoms with E-state index in [9.17, 15) is 20.2 Å². The third-order valence-electron chi connectivity index (χ3n) is 7.51. The number of hydrogen-bond acceptors (Lipinski definition) is 7. The molecule has 0 saturated carbocycles. The van der Waals surface area contributed by atoms with E-state index in [4.69, 9.17) is 28.9 Å². The third kappa shape index (κ3) is 5.45. The number of nitrogens with two attached hydrogens (primary N) is 1. The van der Waals surface area contributed by atoms with Crippen molar-refractivity contribution in [2.45, 2.75) is 49.7 Å². The van der Waals surface area contributed by atoms with E-state index in [0.29, 0.717) is 41.3 Å². The number of nitrogens with zero attached hydrogens (tertiary/aromatic N) is 3. The van der Waals surface area contributed by atoms with Gasteiger partial charge in [-0.05, 0) is 79.8 Å². The van der Waals surface area contributed by atoms with Crippen molar-refractivity contribution in [2.75, 3.05) is 4.90 Å². The normalized spacial score (nSPS) is 17.0. The van der Waals surface area contributed by atoms with Gasteiger partial charge in [0.05, 0.1) is 22.5 Å². The largest absolute Gasteiger partial charge is 0.384 e. The summed E-state index contributed by atoms with van der Waals surface area (Å²) in [4.78, 5) is 27.7. The molecular formula is C31H26Cl2N4O3S. The van der Waals surface area contributed by atoms with Crippen molar-refractivity contribution < 1.29 is 9.72 Å². The van der Waals surface area contributed by atoms with E-state index in [0.717, 1.165) is 27.1 Å². The Bertz CT molecular complexity index is 1690. The van der Waals surface area contributed by atoms with Crippen LogP contribution in [-0.4, -0.2) is 10.7 Å². The molecule has 1 aliphatic heterocycles. The molecule has 41 heavy (non-hydrogen) atoms. The number of hydrogen-bond donors (Lipinski definition) is 1. The first-order chi connectivity index (χ1) is 19.6. The number of ketones is 1. The number of Topliss-reactive ketones (excluding diaryl/α,β-unsaturated/α-hetero) is 1. The minimum absolute atomic E-state index is 0.0781. The Morgan fingerprint density at radius 3 is 2.49 bits per heavy atom. The zero-order valence-corrected chi connectivity index (χ0v) is 24.7. The summed E-state index contributed by atoms with van der Waals surface area (Å²) < 4.78 is 0. The van der Waals surface area contributed by atoms with Crippen molar-refractivity contribution in [3.63, 3.8) is 0 Å². The first kappa shape index (κ1) is 28.7. The van der Waals surface area contributed by atoms with Gasteiger partial charge in [-0.1, -0.05) is 40.9 Å². The number of carbonyl (C=O) groups excluding carboxylic acids is 1. The molecule has 3 aromatic carbocycles. The molecule has 7 nitrogen and oxygen atoms in total. The highest BCUT2D eigenvalue weighted by atomic mass is 35.5. The summed E-state index contributed by atoms with van der Waals surface area (Å²) in [5, 5.41) is 23.3. The maximum atomic E-state index is 13.6. The predicted molar refractivity (Wildman–Crippen MR) is 163 cm³/mol. The average Bonchev–Trinajstić information content (AvgIpc) is 2.94. The third-order valence-corrected chi connectivity index (χ3v) is 9.06. The Labute approximate surface area is 252 Å². The minimum atomic E-state index is -0.676. The van der Waals surface area contributed by atoms with Gasteiger partial charge >= 0.3 is 0 Å². The molecule has 0 aromatic heterocycles. The quantitative estimate of drug-likeness (QED) is 0.172. The number of halogens is 2. The summed E-state index contributed by atoms with van der Waals surface area (Å²) in [6.07, 6.45) is 1.39. The molecule has 0 spiro atoms. The lowest BCUT2D eigenvalue weighted by Crippen LogP contribution is -2.39. The van der Waals surface area contributed by atoms with Crippen LogP contribution in [0.3, 0.4) is 0 Å². The average molecular weight is 606 g/mol. The lowest BCUT2D eigenvalue weighted by Gasteiger charge is -2.40. The molecule has 1 unspecified atom stereocenters. The molecule has 5 rings (SSSR count). The molecule has 2 N–H and O–H groups in total. The van der Waals surface area contributed by atoms with Crippen molar-refractivity contribution in [1.82, 2.24) is 0 Å². The number of anilines is 1. The van der Waals surface area contributed by atoms with Crippen molar-refractivity contribution in [1.29, 1.82) is 5.26 Å². The van der Waals surface area contributed by atoms with E-state index in [1.54, 1.807) is 11.8 Å². The van der Waals surface area contributed by atoms with Crippen LogP contribution in [0, 0.1) is 35.3 Å². The number of nitro benzene ring substituents is 1. The van der Waals surface area contributed by atoms with Crippen molar-refractivity contribution in [2.24, 2.45) is 5.73 Å². The Morgan fingerprint density at radius 1 is 1.10 bits per heavy atom. The number of thioether (sulfide) groups is 1. The predicted octanol–water partition coefficient (Wildman–Crippen LogP) is 8.12. The van der Waals surface area contributed by atoms with Crippen LogP contribution in [-0.2, 0) is 10.5 Å². The van der Waals surface area contributed by atoms with Gasteiger partial charge in [0.1, 0.15) is 11.5 Å². The molecule has 2 aliphatic rings. The molecule has 10 heteroatoms. The zero-order valence-electron chi connectivity index (χ0n) is 22.4. The molecule has 0 bridgehead atoms. The highest BCUT2D eigenvalue weighted by Crippen LogP contribution is 2.49. The summed E-state index contributed by atoms with van der Waals surface area (Å²) in [5.41, 5.74) is 11.7. The summed E-state index contributed by atoms with van der Waals surface area (Å²) in [6, 6.07) is 18.3. The van der Waals surface area contributed by atoms with Gasteiger partial charge in [0, 0.05) is 44.5 Å². The lowest BCUT2D eigenvalue weighted by molar-refractivity contribution is -0.384. The van der Waals surface area contributed by atoms with E-state index < -0.39 is 10.8 Å². The van der Waals surface area contributed by atoms with E-state index in [2.05, 4.69) is 12.1 Å². The fourth-order valence-corrected chi connectivity index (χ4v) is 6.85. The molecule has 0 radical (unpaired) electrons. The van der Waals surface area contributed by atoms with Crippen LogP contribution in [0.15, 0.2) is 82.2 Å². The van der Waals surface area contributed by atoms with Crippen molar-refractivity contribution in [3.05, 3.63) is 120 Å². The van der Waals surface area contributed by atoms with Crippen LogP contribution in [0.25, 0.3) is 0 Å². The van der Waals surface area contributed by atoms with Crippen LogP contribution in [0.4, 0.5) is 11.4 Å². The highest BCUT2D eigenvalue weighted by molar-refractivity contribution is 7.98. The van der Waals surface area contributed by atoms with Gasteiger partial charge in [-0.25, -0.2) is 0 Å². The second kappa shape index (κ2) is 11.6. The number of nitriles is 1. The summed E-state index contributed by atoms with van der Waals surface area (Å²) in [7, 11) is 0. The van der Waals surface area contributed by atoms with Crippen LogP contribution < -0.4 is 10.6 Å². The Morgan fingerprint density at radius 2 is 1.80 bits per heavy atom. The number of rotatable bonds is 6. The lowest BCUT2D eigenvalue weighted by atomic mass is 9.73. The fourth-order valence-electron chi connectivity index (χ4n) is 5.61. The van der Waals surface area contributed by atoms with Crippen LogP contribution in [0.1, 0.15) is 47.4 Å². The maximum absolute atomic E-state index is 13.6. The van der Waals surface area contributed by atoms with E-state index in [1.807, 2.05) is 44.2 Å². The Kier molecular flexibility index (Phi) is 8.14. The first-order valence-corrected chi connectivity index (χ1v) is 14.7. The molecule has 1 atom stereocenters. The molecule has 3 aromatic rings. The first-order valence-electron chi connectivity index (χ1n) is 13.0. The standard InChI is InChI=1S/C31H26Cl2N4O3S/c1-17-12-19(16-41-22-9-6-20(32)7-10-22)18(2)23(13-17)29-24(15-34)31(35)36(26-4-3-5-28(38)30(26)29)25-11-8-21(33)14-27(25)37(39)40/h6-14,29H,3-5,16,35H2,1-2H3. The smallest absolute Gasteiger partial charge is 0.294 e. The molecule has 0 fully saturated rings. The Hall–Kier alpha value is -3.77. The van der Waals surface area contributed by atoms with E-state index in [1.165, 1.54) is 23.1 Å². The second-order valence-corrected chi connectivity index (χ2v) is 12.0. The molecule has 1 aliphatic carbocycles. The van der Waals surface area contributed by atoms with E-state index in [-0.39, 0.29) is 33.6 Å². The number of allylic oxidation sites excluding steroid dienone is 3. The van der Waals surface area contributed by atoms with Gasteiger partial charge in [0.2, 0.25) is 0 Å². The molecule has 1 heterocycles. The van der Waals surface area contributed by atoms with Gasteiger partial charge in [-0.3, -0.25) is 19.8 Å². The van der Waals surface area contributed by atoms with E-state index >= 15 is 0 Å². The monoisotopic (exact) mass is 604 g/mol. The second-order valence-electron chi connectivity index (χ2n) is 10.1. The molecule has 0 saturated heterocycles. The van der Waals surface area contributed by atoms with Crippen LogP contribution in [0.2, 0.25) is 10.0 Å². The number of nitro groups is 1. The van der Waals surface area contributed by atoms with Crippen molar-refractivity contribution >= 4 is 52.1 Å². The summed E-state index contributed by atoms with van der Waals surface area (Å²) in [5.74, 6) is -0.00566. The van der Waals surface area contributed by atoms with Gasteiger partial charge in [-0.15, -0.1) is 11.8 Å². The number of aryl methyl sites for hydroxylation is 1. The fraction of sp³-hybridized carbons (Fsp3) is 0.226. The van der Waals surface area contributed by atoms with Gasteiger partial charge in [-0.2, -0.15) is 5.26 Å². The van der Waals surface area contributed by atoms with Gasteiger partial charge in [0.25, 0.3) is 5.69 Å². The molecule has 208 valence electrons. The maximum Gasteiger partial charge on any atom is 0.294 e. The van der Waals surface area contributed by atoms with Gasteiger partial charge in [0.15, 0.2) is 5.78 Å². The molecular weight excluding hydrogens is 579 g/mol. The zero-order chi connectivity index (χ0) is 29.4. The highest BCUT2D eigenvalue weighted by Gasteiger charge is 2.42. The molecule has 0 amide bonds. The number of carbonyl (C=O) groups is 1. The van der Waals surface area contributed by atoms with Crippen molar-refractivity contribution in [3.8, 4) is 6.07 Å². The summed E-state index contributed by atoms with van der Waals surface area (Å²) in [6.45, 7) is 3.99. The summed E-state index contributed by atoms with van der Waals surface area (Å²) >= 11 is 13.8. The number of benzene rings is 3. The Balaban J connectivity index is 1.66. The topological polar surface area (TPSA) is 113 Å². The van der Waals surface area contributed by atoms with Crippen LogP contribution >= 0.6 is 35.0 Å².